The maximum Gasteiger partial charge on any atom is 0.230 e. The van der Waals surface area contributed by atoms with Crippen molar-refractivity contribution in [2.45, 2.75) is 6.42 Å². The van der Waals surface area contributed by atoms with Crippen molar-refractivity contribution in [3.05, 3.63) is 54.5 Å². The van der Waals surface area contributed by atoms with Gasteiger partial charge >= 0.3 is 0 Å². The number of quaternary nitrogens is 1. The third-order valence-electron chi connectivity index (χ3n) is 4.28. The number of nitrogens with one attached hydrogen (secondary N) is 2. The fourth-order valence-corrected chi connectivity index (χ4v) is 2.89. The summed E-state index contributed by atoms with van der Waals surface area (Å²) in [5, 5.41) is 2.80. The Bertz CT molecular complexity index is 654. The minimum atomic E-state index is -0.303. The van der Waals surface area contributed by atoms with Crippen LogP contribution in [0, 0.1) is 5.82 Å². The number of benzene rings is 1. The van der Waals surface area contributed by atoms with Crippen molar-refractivity contribution < 1.29 is 14.1 Å². The quantitative estimate of drug-likeness (QED) is 0.859. The van der Waals surface area contributed by atoms with Crippen molar-refractivity contribution in [3.8, 4) is 0 Å². The van der Waals surface area contributed by atoms with Crippen LogP contribution in [0.3, 0.4) is 0 Å². The normalized spacial score (nSPS) is 15.3. The highest BCUT2D eigenvalue weighted by atomic mass is 19.1. The van der Waals surface area contributed by atoms with Crippen molar-refractivity contribution in [1.82, 2.24) is 4.98 Å². The lowest BCUT2D eigenvalue weighted by Gasteiger charge is -2.32. The van der Waals surface area contributed by atoms with E-state index in [1.165, 1.54) is 17.0 Å². The van der Waals surface area contributed by atoms with Gasteiger partial charge in [0.1, 0.15) is 11.6 Å². The predicted octanol–water partition coefficient (Wildman–Crippen LogP) is 0.954. The van der Waals surface area contributed by atoms with Gasteiger partial charge in [0.2, 0.25) is 5.91 Å². The molecule has 0 radical (unpaired) electrons. The number of amides is 1. The highest BCUT2D eigenvalue weighted by Crippen LogP contribution is 2.09. The molecule has 0 atom stereocenters. The summed E-state index contributed by atoms with van der Waals surface area (Å²) < 4.78 is 12.8. The highest BCUT2D eigenvalue weighted by molar-refractivity contribution is 5.90. The number of hydrogen-bond acceptors (Lipinski definition) is 3. The maximum absolute atomic E-state index is 12.8. The number of carbonyl (C=O) groups is 1. The average Bonchev–Trinajstić information content (AvgIpc) is 2.63. The van der Waals surface area contributed by atoms with E-state index < -0.39 is 0 Å². The van der Waals surface area contributed by atoms with Crippen LogP contribution in [0.15, 0.2) is 48.7 Å². The Morgan fingerprint density at radius 1 is 1.17 bits per heavy atom. The van der Waals surface area contributed by atoms with Gasteiger partial charge in [-0.1, -0.05) is 6.07 Å². The molecule has 2 N–H and O–H groups in total. The van der Waals surface area contributed by atoms with Crippen LogP contribution in [-0.2, 0) is 4.79 Å². The molecule has 0 spiro atoms. The van der Waals surface area contributed by atoms with E-state index in [0.29, 0.717) is 12.1 Å². The van der Waals surface area contributed by atoms with Crippen molar-refractivity contribution in [1.29, 1.82) is 0 Å². The molecule has 1 aliphatic heterocycles. The molecule has 0 aliphatic carbocycles. The molecule has 1 aromatic carbocycles. The van der Waals surface area contributed by atoms with E-state index in [1.54, 1.807) is 12.1 Å². The van der Waals surface area contributed by atoms with E-state index in [0.717, 1.165) is 38.5 Å². The summed E-state index contributed by atoms with van der Waals surface area (Å²) in [6.07, 6.45) is 2.28. The largest absolute Gasteiger partial charge is 0.345 e. The van der Waals surface area contributed by atoms with Gasteiger partial charge in [-0.05, 0) is 36.4 Å². The van der Waals surface area contributed by atoms with Gasteiger partial charge in [-0.25, -0.2) is 9.37 Å². The first-order valence-electron chi connectivity index (χ1n) is 8.26. The minimum absolute atomic E-state index is 0.0266. The summed E-state index contributed by atoms with van der Waals surface area (Å²) in [5.41, 5.74) is 0.636. The van der Waals surface area contributed by atoms with E-state index in [4.69, 9.17) is 0 Å². The lowest BCUT2D eigenvalue weighted by Crippen LogP contribution is -3.15. The minimum Gasteiger partial charge on any atom is -0.345 e. The van der Waals surface area contributed by atoms with Gasteiger partial charge in [0.15, 0.2) is 0 Å². The highest BCUT2D eigenvalue weighted by Gasteiger charge is 2.21. The van der Waals surface area contributed by atoms with Gasteiger partial charge in [0, 0.05) is 11.9 Å². The Hall–Kier alpha value is -2.47. The maximum atomic E-state index is 12.8. The summed E-state index contributed by atoms with van der Waals surface area (Å²) in [7, 11) is 0. The zero-order chi connectivity index (χ0) is 16.8. The molecule has 2 heterocycles. The summed E-state index contributed by atoms with van der Waals surface area (Å²) in [6.45, 7) is 4.71. The summed E-state index contributed by atoms with van der Waals surface area (Å²) in [5.74, 6) is 0.690. The smallest absolute Gasteiger partial charge is 0.230 e. The lowest BCUT2D eigenvalue weighted by molar-refractivity contribution is -0.900. The molecular formula is C18H22FN4O+. The van der Waals surface area contributed by atoms with Crippen LogP contribution in [0.2, 0.25) is 0 Å². The zero-order valence-electron chi connectivity index (χ0n) is 13.5. The van der Waals surface area contributed by atoms with E-state index >= 15 is 0 Å². The van der Waals surface area contributed by atoms with Crippen molar-refractivity contribution in [2.24, 2.45) is 0 Å². The topological polar surface area (TPSA) is 49.7 Å². The summed E-state index contributed by atoms with van der Waals surface area (Å²) >= 11 is 0. The molecule has 1 saturated heterocycles. The molecule has 2 aromatic rings. The van der Waals surface area contributed by atoms with Gasteiger partial charge in [0.25, 0.3) is 0 Å². The first kappa shape index (κ1) is 16.4. The number of nitrogens with zero attached hydrogens (tertiary/aromatic N) is 2. The molecule has 1 aliphatic rings. The molecule has 24 heavy (non-hydrogen) atoms. The van der Waals surface area contributed by atoms with Gasteiger partial charge < -0.3 is 15.1 Å². The second-order valence-corrected chi connectivity index (χ2v) is 5.98. The molecule has 0 unspecified atom stereocenters. The SMILES string of the molecule is O=C(CC[NH+]1CCN(c2ccccn2)CC1)Nc1ccc(F)cc1. The first-order chi connectivity index (χ1) is 11.7. The summed E-state index contributed by atoms with van der Waals surface area (Å²) in [4.78, 5) is 20.1. The Morgan fingerprint density at radius 2 is 1.92 bits per heavy atom. The van der Waals surface area contributed by atoms with Gasteiger partial charge in [0.05, 0.1) is 39.1 Å². The number of carbonyl (C=O) groups excluding carboxylic acids is 1. The molecule has 5 nitrogen and oxygen atoms in total. The first-order valence-corrected chi connectivity index (χ1v) is 8.26. The number of anilines is 2. The number of hydrogen-bond donors (Lipinski definition) is 2. The van der Waals surface area contributed by atoms with Crippen LogP contribution in [0.1, 0.15) is 6.42 Å². The Balaban J connectivity index is 1.40. The van der Waals surface area contributed by atoms with Crippen molar-refractivity contribution in [3.63, 3.8) is 0 Å². The van der Waals surface area contributed by atoms with Crippen LogP contribution in [-0.4, -0.2) is 43.6 Å². The number of aromatic nitrogens is 1. The van der Waals surface area contributed by atoms with E-state index in [2.05, 4.69) is 15.2 Å². The van der Waals surface area contributed by atoms with E-state index in [1.807, 2.05) is 24.4 Å². The average molecular weight is 329 g/mol. The second kappa shape index (κ2) is 7.88. The van der Waals surface area contributed by atoms with Gasteiger partial charge in [-0.15, -0.1) is 0 Å². The molecule has 3 rings (SSSR count). The molecule has 126 valence electrons. The van der Waals surface area contributed by atoms with Crippen LogP contribution in [0.4, 0.5) is 15.9 Å². The van der Waals surface area contributed by atoms with Crippen LogP contribution < -0.4 is 15.1 Å². The fourth-order valence-electron chi connectivity index (χ4n) is 2.89. The fraction of sp³-hybridized carbons (Fsp3) is 0.333. The lowest BCUT2D eigenvalue weighted by atomic mass is 10.2. The molecule has 0 bridgehead atoms. The Labute approximate surface area is 141 Å². The van der Waals surface area contributed by atoms with Gasteiger partial charge in [-0.3, -0.25) is 4.79 Å². The number of rotatable bonds is 5. The molecule has 1 aromatic heterocycles. The second-order valence-electron chi connectivity index (χ2n) is 5.98. The summed E-state index contributed by atoms with van der Waals surface area (Å²) in [6, 6.07) is 11.8. The number of halogens is 1. The zero-order valence-corrected chi connectivity index (χ0v) is 13.5. The van der Waals surface area contributed by atoms with Gasteiger partial charge in [-0.2, -0.15) is 0 Å². The molecular weight excluding hydrogens is 307 g/mol. The third-order valence-corrected chi connectivity index (χ3v) is 4.28. The van der Waals surface area contributed by atoms with Crippen molar-refractivity contribution in [2.75, 3.05) is 42.9 Å². The Morgan fingerprint density at radius 3 is 2.58 bits per heavy atom. The van der Waals surface area contributed by atoms with Crippen LogP contribution >= 0.6 is 0 Å². The number of piperazine rings is 1. The predicted molar refractivity (Wildman–Crippen MR) is 91.7 cm³/mol. The number of pyridine rings is 1. The molecule has 6 heteroatoms. The van der Waals surface area contributed by atoms with E-state index in [9.17, 15) is 9.18 Å². The van der Waals surface area contributed by atoms with E-state index in [-0.39, 0.29) is 11.7 Å². The third kappa shape index (κ3) is 4.52. The molecule has 0 saturated carbocycles. The standard InChI is InChI=1S/C18H21FN4O/c19-15-4-6-16(7-5-15)21-18(24)8-10-22-11-13-23(14-12-22)17-3-1-2-9-20-17/h1-7,9H,8,10-14H2,(H,21,24)/p+1. The Kier molecular flexibility index (Phi) is 5.38. The monoisotopic (exact) mass is 329 g/mol. The molecule has 1 amide bonds. The van der Waals surface area contributed by atoms with Crippen LogP contribution in [0.5, 0.6) is 0 Å². The molecule has 1 fully saturated rings. The van der Waals surface area contributed by atoms with Crippen LogP contribution in [0.25, 0.3) is 0 Å². The van der Waals surface area contributed by atoms with Crippen molar-refractivity contribution >= 4 is 17.4 Å².